The zero-order chi connectivity index (χ0) is 19.8. The van der Waals surface area contributed by atoms with E-state index in [9.17, 15) is 4.79 Å². The van der Waals surface area contributed by atoms with E-state index < -0.39 is 0 Å². The van der Waals surface area contributed by atoms with Crippen molar-refractivity contribution in [1.82, 2.24) is 15.0 Å². The number of aryl methyl sites for hydroxylation is 2. The lowest BCUT2D eigenvalue weighted by Gasteiger charge is -2.09. The second-order valence-electron chi connectivity index (χ2n) is 6.56. The number of fused-ring (bicyclic) bond motifs is 1. The van der Waals surface area contributed by atoms with Gasteiger partial charge in [-0.05, 0) is 73.5 Å². The number of anilines is 1. The summed E-state index contributed by atoms with van der Waals surface area (Å²) in [5.41, 5.74) is 5.18. The van der Waals surface area contributed by atoms with Crippen LogP contribution in [0.1, 0.15) is 21.5 Å². The van der Waals surface area contributed by atoms with E-state index >= 15 is 0 Å². The summed E-state index contributed by atoms with van der Waals surface area (Å²) >= 11 is 12.2. The summed E-state index contributed by atoms with van der Waals surface area (Å²) in [6.07, 6.45) is 0. The fourth-order valence-corrected chi connectivity index (χ4v) is 3.33. The van der Waals surface area contributed by atoms with E-state index in [1.807, 2.05) is 44.2 Å². The molecule has 0 aliphatic heterocycles. The van der Waals surface area contributed by atoms with Gasteiger partial charge in [0.15, 0.2) is 0 Å². The molecule has 0 bridgehead atoms. The highest BCUT2D eigenvalue weighted by molar-refractivity contribution is 6.34. The zero-order valence-electron chi connectivity index (χ0n) is 15.2. The molecule has 0 atom stereocenters. The quantitative estimate of drug-likeness (QED) is 0.478. The number of nitrogens with zero attached hydrogens (tertiary/aromatic N) is 3. The second-order valence-corrected chi connectivity index (χ2v) is 7.40. The van der Waals surface area contributed by atoms with Gasteiger partial charge in [0.1, 0.15) is 11.0 Å². The average Bonchev–Trinajstić information content (AvgIpc) is 3.05. The van der Waals surface area contributed by atoms with Crippen molar-refractivity contribution < 1.29 is 4.79 Å². The summed E-state index contributed by atoms with van der Waals surface area (Å²) in [7, 11) is 0. The standard InChI is InChI=1S/C21H16Cl2N4O/c1-12-3-8-16(17(23)9-12)21(28)24-18-11-20-19(10-13(18)2)25-27(26-20)15-6-4-14(22)5-7-15/h3-11H,1-2H3,(H,24,28). The first-order valence-electron chi connectivity index (χ1n) is 8.62. The number of benzene rings is 3. The van der Waals surface area contributed by atoms with Gasteiger partial charge in [-0.3, -0.25) is 4.79 Å². The van der Waals surface area contributed by atoms with E-state index in [0.29, 0.717) is 26.8 Å². The molecule has 0 aliphatic rings. The lowest BCUT2D eigenvalue weighted by atomic mass is 10.1. The van der Waals surface area contributed by atoms with Gasteiger partial charge >= 0.3 is 0 Å². The Hall–Kier alpha value is -2.89. The number of hydrogen-bond donors (Lipinski definition) is 1. The zero-order valence-corrected chi connectivity index (χ0v) is 16.7. The average molecular weight is 411 g/mol. The van der Waals surface area contributed by atoms with Gasteiger partial charge in [0, 0.05) is 10.7 Å². The highest BCUT2D eigenvalue weighted by Gasteiger charge is 2.14. The van der Waals surface area contributed by atoms with Gasteiger partial charge in [-0.25, -0.2) is 0 Å². The van der Waals surface area contributed by atoms with Crippen LogP contribution in [0.3, 0.4) is 0 Å². The van der Waals surface area contributed by atoms with Crippen molar-refractivity contribution >= 4 is 45.8 Å². The van der Waals surface area contributed by atoms with Crippen LogP contribution in [0, 0.1) is 13.8 Å². The van der Waals surface area contributed by atoms with Crippen molar-refractivity contribution in [3.8, 4) is 5.69 Å². The Morgan fingerprint density at radius 2 is 1.61 bits per heavy atom. The molecule has 0 saturated heterocycles. The van der Waals surface area contributed by atoms with E-state index in [4.69, 9.17) is 23.2 Å². The van der Waals surface area contributed by atoms with Crippen molar-refractivity contribution in [1.29, 1.82) is 0 Å². The van der Waals surface area contributed by atoms with Gasteiger partial charge in [0.2, 0.25) is 0 Å². The summed E-state index contributed by atoms with van der Waals surface area (Å²) in [4.78, 5) is 14.2. The molecule has 0 unspecified atom stereocenters. The molecule has 0 saturated carbocycles. The largest absolute Gasteiger partial charge is 0.322 e. The maximum atomic E-state index is 12.6. The summed E-state index contributed by atoms with van der Waals surface area (Å²) in [5, 5.41) is 13.0. The van der Waals surface area contributed by atoms with E-state index in [1.165, 1.54) is 0 Å². The number of amides is 1. The van der Waals surface area contributed by atoms with Crippen LogP contribution in [-0.2, 0) is 0 Å². The molecule has 3 aromatic carbocycles. The van der Waals surface area contributed by atoms with E-state index in [2.05, 4.69) is 15.5 Å². The summed E-state index contributed by atoms with van der Waals surface area (Å²) in [5.74, 6) is -0.266. The third-order valence-electron chi connectivity index (χ3n) is 4.40. The number of aromatic nitrogens is 3. The Kier molecular flexibility index (Phi) is 4.79. The van der Waals surface area contributed by atoms with Gasteiger partial charge in [-0.1, -0.05) is 29.3 Å². The minimum absolute atomic E-state index is 0.266. The van der Waals surface area contributed by atoms with Crippen molar-refractivity contribution in [3.05, 3.63) is 81.3 Å². The molecular weight excluding hydrogens is 395 g/mol. The summed E-state index contributed by atoms with van der Waals surface area (Å²) < 4.78 is 0. The Morgan fingerprint density at radius 1 is 0.929 bits per heavy atom. The van der Waals surface area contributed by atoms with Crippen LogP contribution in [0.15, 0.2) is 54.6 Å². The molecule has 4 rings (SSSR count). The van der Waals surface area contributed by atoms with Gasteiger partial charge in [0.25, 0.3) is 5.91 Å². The maximum absolute atomic E-state index is 12.6. The number of hydrogen-bond acceptors (Lipinski definition) is 3. The van der Waals surface area contributed by atoms with Crippen LogP contribution >= 0.6 is 23.2 Å². The molecule has 140 valence electrons. The summed E-state index contributed by atoms with van der Waals surface area (Å²) in [6, 6.07) is 16.3. The molecule has 28 heavy (non-hydrogen) atoms. The molecule has 0 radical (unpaired) electrons. The fourth-order valence-electron chi connectivity index (χ4n) is 2.89. The second kappa shape index (κ2) is 7.26. The predicted octanol–water partition coefficient (Wildman–Crippen LogP) is 5.60. The lowest BCUT2D eigenvalue weighted by Crippen LogP contribution is -2.13. The highest BCUT2D eigenvalue weighted by Crippen LogP contribution is 2.25. The molecule has 0 aliphatic carbocycles. The third-order valence-corrected chi connectivity index (χ3v) is 4.97. The molecule has 0 fully saturated rings. The normalized spacial score (nSPS) is 11.0. The van der Waals surface area contributed by atoms with Crippen LogP contribution in [-0.4, -0.2) is 20.9 Å². The SMILES string of the molecule is Cc1ccc(C(=O)Nc2cc3nn(-c4ccc(Cl)cc4)nc3cc2C)c(Cl)c1. The van der Waals surface area contributed by atoms with Crippen LogP contribution in [0.25, 0.3) is 16.7 Å². The Labute approximate surface area is 171 Å². The molecule has 1 amide bonds. The number of rotatable bonds is 3. The maximum Gasteiger partial charge on any atom is 0.257 e. The number of carbonyl (C=O) groups is 1. The monoisotopic (exact) mass is 410 g/mol. The van der Waals surface area contributed by atoms with Crippen LogP contribution in [0.5, 0.6) is 0 Å². The minimum Gasteiger partial charge on any atom is -0.322 e. The Balaban J connectivity index is 1.67. The molecule has 1 N–H and O–H groups in total. The van der Waals surface area contributed by atoms with Crippen LogP contribution in [0.4, 0.5) is 5.69 Å². The fraction of sp³-hybridized carbons (Fsp3) is 0.0952. The van der Waals surface area contributed by atoms with Crippen molar-refractivity contribution in [2.45, 2.75) is 13.8 Å². The Bertz CT molecular complexity index is 1200. The predicted molar refractivity (Wildman–Crippen MR) is 113 cm³/mol. The van der Waals surface area contributed by atoms with E-state index in [0.717, 1.165) is 22.3 Å². The number of halogens is 2. The minimum atomic E-state index is -0.266. The molecule has 0 spiro atoms. The van der Waals surface area contributed by atoms with Crippen molar-refractivity contribution in [2.24, 2.45) is 0 Å². The van der Waals surface area contributed by atoms with Crippen LogP contribution in [0.2, 0.25) is 10.0 Å². The number of carbonyl (C=O) groups excluding carboxylic acids is 1. The smallest absolute Gasteiger partial charge is 0.257 e. The molecule has 4 aromatic rings. The number of nitrogens with one attached hydrogen (secondary N) is 1. The van der Waals surface area contributed by atoms with Crippen LogP contribution < -0.4 is 5.32 Å². The Morgan fingerprint density at radius 3 is 2.29 bits per heavy atom. The topological polar surface area (TPSA) is 59.8 Å². The molecule has 5 nitrogen and oxygen atoms in total. The molecule has 1 aromatic heterocycles. The molecule has 7 heteroatoms. The molecular formula is C21H16Cl2N4O. The van der Waals surface area contributed by atoms with Gasteiger partial charge < -0.3 is 5.32 Å². The van der Waals surface area contributed by atoms with Gasteiger partial charge in [-0.2, -0.15) is 4.80 Å². The first-order chi connectivity index (χ1) is 13.4. The van der Waals surface area contributed by atoms with Crippen molar-refractivity contribution in [3.63, 3.8) is 0 Å². The first-order valence-corrected chi connectivity index (χ1v) is 9.37. The summed E-state index contributed by atoms with van der Waals surface area (Å²) in [6.45, 7) is 3.84. The first kappa shape index (κ1) is 18.5. The van der Waals surface area contributed by atoms with Gasteiger partial charge in [-0.15, -0.1) is 10.2 Å². The van der Waals surface area contributed by atoms with Gasteiger partial charge in [0.05, 0.1) is 16.3 Å². The highest BCUT2D eigenvalue weighted by atomic mass is 35.5. The van der Waals surface area contributed by atoms with E-state index in [-0.39, 0.29) is 5.91 Å². The molecule has 1 heterocycles. The van der Waals surface area contributed by atoms with Crippen molar-refractivity contribution in [2.75, 3.05) is 5.32 Å². The third kappa shape index (κ3) is 3.59. The lowest BCUT2D eigenvalue weighted by molar-refractivity contribution is 0.102. The van der Waals surface area contributed by atoms with E-state index in [1.54, 1.807) is 29.1 Å².